The molecule has 0 spiro atoms. The van der Waals surface area contributed by atoms with Gasteiger partial charge in [-0.2, -0.15) is 0 Å². The molecular formula is C47H66O8. The van der Waals surface area contributed by atoms with Crippen LogP contribution in [0.15, 0.2) is 91.0 Å². The molecule has 8 atom stereocenters. The summed E-state index contributed by atoms with van der Waals surface area (Å²) < 4.78 is 48.8. The van der Waals surface area contributed by atoms with Crippen molar-refractivity contribution in [2.24, 2.45) is 11.8 Å². The largest absolute Gasteiger partial charge is 0.374 e. The average Bonchev–Trinajstić information content (AvgIpc) is 3.85. The molecule has 0 amide bonds. The van der Waals surface area contributed by atoms with Crippen molar-refractivity contribution in [1.29, 1.82) is 0 Å². The summed E-state index contributed by atoms with van der Waals surface area (Å²) in [6, 6.07) is 31.5. The summed E-state index contributed by atoms with van der Waals surface area (Å²) in [7, 11) is 0. The minimum Gasteiger partial charge on any atom is -0.374 e. The van der Waals surface area contributed by atoms with Crippen molar-refractivity contribution in [1.82, 2.24) is 0 Å². The van der Waals surface area contributed by atoms with Crippen molar-refractivity contribution in [2.45, 2.75) is 147 Å². The van der Waals surface area contributed by atoms with Crippen molar-refractivity contribution in [3.05, 3.63) is 108 Å². The van der Waals surface area contributed by atoms with Gasteiger partial charge in [-0.15, -0.1) is 0 Å². The van der Waals surface area contributed by atoms with E-state index >= 15 is 0 Å². The predicted molar refractivity (Wildman–Crippen MR) is 215 cm³/mol. The summed E-state index contributed by atoms with van der Waals surface area (Å²) >= 11 is 0. The first-order valence-corrected chi connectivity index (χ1v) is 20.6. The van der Waals surface area contributed by atoms with Crippen molar-refractivity contribution >= 4 is 0 Å². The Labute approximate surface area is 330 Å². The molecule has 3 aromatic carbocycles. The summed E-state index contributed by atoms with van der Waals surface area (Å²) in [6.45, 7) is 17.2. The van der Waals surface area contributed by atoms with Crippen LogP contribution in [0.3, 0.4) is 0 Å². The third kappa shape index (κ3) is 12.7. The number of hydrogen-bond acceptors (Lipinski definition) is 8. The molecule has 2 aliphatic heterocycles. The fraction of sp³-hybridized carbons (Fsp3) is 0.617. The SMILES string of the molecule is CC(C)(C)OCCO[C@H]1C[C@@H](CCc2ccccc2)[C@@H]2OC(C)(C)O[C@@H]21.CC1(C)O[C@H]2[C@H](CCc3ccccc3)C[C@H](OCCOCc3ccccc3)[C@H]2O1. The standard InChI is InChI=1S/C25H32O4.C22H34O4/c1-25(2)28-23-21(14-13-19-9-5-3-6-10-19)17-22(24(23)29-25)27-16-15-26-18-20-11-7-4-8-12-20;1-21(2,3)24-14-13-23-18-15-17(12-11-16-9-7-6-8-10-16)19-20(18)26-22(4,5)25-19/h3-12,21-24H,13-18H2,1-2H3;6-10,17-20H,11-15H2,1-5H3/t21-,22+,23+,24-;17-,18+,19+,20-/m11/s1. The highest BCUT2D eigenvalue weighted by molar-refractivity contribution is 5.16. The summed E-state index contributed by atoms with van der Waals surface area (Å²) in [6.07, 6.45) is 6.74. The third-order valence-electron chi connectivity index (χ3n) is 11.0. The molecule has 2 heterocycles. The molecular weight excluding hydrogens is 693 g/mol. The maximum atomic E-state index is 6.26. The average molecular weight is 759 g/mol. The van der Waals surface area contributed by atoms with E-state index in [1.165, 1.54) is 16.7 Å². The van der Waals surface area contributed by atoms with Gasteiger partial charge in [0.25, 0.3) is 0 Å². The van der Waals surface area contributed by atoms with Crippen LogP contribution in [0, 0.1) is 11.8 Å². The van der Waals surface area contributed by atoms with Crippen LogP contribution in [0.5, 0.6) is 0 Å². The minimum atomic E-state index is -0.536. The molecule has 0 bridgehead atoms. The van der Waals surface area contributed by atoms with Gasteiger partial charge in [0.2, 0.25) is 0 Å². The van der Waals surface area contributed by atoms with E-state index < -0.39 is 11.6 Å². The van der Waals surface area contributed by atoms with Crippen molar-refractivity contribution in [3.63, 3.8) is 0 Å². The molecule has 2 saturated carbocycles. The van der Waals surface area contributed by atoms with E-state index in [9.17, 15) is 0 Å². The summed E-state index contributed by atoms with van der Waals surface area (Å²) in [5.41, 5.74) is 3.81. The van der Waals surface area contributed by atoms with Crippen LogP contribution in [-0.2, 0) is 57.3 Å². The van der Waals surface area contributed by atoms with Gasteiger partial charge in [0.15, 0.2) is 11.6 Å². The molecule has 2 aliphatic carbocycles. The summed E-state index contributed by atoms with van der Waals surface area (Å²) in [4.78, 5) is 0. The normalized spacial score (nSPS) is 29.1. The van der Waals surface area contributed by atoms with E-state index in [1.807, 2.05) is 45.9 Å². The fourth-order valence-electron chi connectivity index (χ4n) is 8.53. The molecule has 0 unspecified atom stereocenters. The number of fused-ring (bicyclic) bond motifs is 2. The summed E-state index contributed by atoms with van der Waals surface area (Å²) in [5.74, 6) is -0.135. The van der Waals surface area contributed by atoms with Gasteiger partial charge >= 0.3 is 0 Å². The molecule has 4 aliphatic rings. The van der Waals surface area contributed by atoms with Gasteiger partial charge in [0.1, 0.15) is 12.2 Å². The number of aryl methyl sites for hydroxylation is 2. The first-order chi connectivity index (χ1) is 26.3. The maximum Gasteiger partial charge on any atom is 0.163 e. The van der Waals surface area contributed by atoms with E-state index in [2.05, 4.69) is 93.6 Å². The van der Waals surface area contributed by atoms with Crippen molar-refractivity contribution in [3.8, 4) is 0 Å². The number of rotatable bonds is 16. The zero-order valence-electron chi connectivity index (χ0n) is 34.3. The van der Waals surface area contributed by atoms with Gasteiger partial charge in [0.05, 0.1) is 63.1 Å². The number of benzene rings is 3. The lowest BCUT2D eigenvalue weighted by Gasteiger charge is -2.24. The topological polar surface area (TPSA) is 73.8 Å². The second-order valence-corrected chi connectivity index (χ2v) is 17.5. The van der Waals surface area contributed by atoms with Crippen LogP contribution >= 0.6 is 0 Å². The molecule has 2 saturated heterocycles. The molecule has 8 heteroatoms. The molecule has 4 fully saturated rings. The smallest absolute Gasteiger partial charge is 0.163 e. The second-order valence-electron chi connectivity index (χ2n) is 17.5. The molecule has 302 valence electrons. The van der Waals surface area contributed by atoms with Crippen LogP contribution < -0.4 is 0 Å². The van der Waals surface area contributed by atoms with Crippen LogP contribution in [-0.4, -0.2) is 80.2 Å². The van der Waals surface area contributed by atoms with Crippen LogP contribution in [0.1, 0.15) is 90.8 Å². The highest BCUT2D eigenvalue weighted by Crippen LogP contribution is 2.45. The first kappa shape index (κ1) is 42.0. The van der Waals surface area contributed by atoms with Gasteiger partial charge in [-0.3, -0.25) is 0 Å². The maximum absolute atomic E-state index is 6.26. The van der Waals surface area contributed by atoms with Crippen molar-refractivity contribution in [2.75, 3.05) is 26.4 Å². The lowest BCUT2D eigenvalue weighted by molar-refractivity contribution is -0.173. The number of hydrogen-bond donors (Lipinski definition) is 0. The zero-order valence-corrected chi connectivity index (χ0v) is 34.3. The zero-order chi connectivity index (χ0) is 38.9. The van der Waals surface area contributed by atoms with Gasteiger partial charge < -0.3 is 37.9 Å². The van der Waals surface area contributed by atoms with E-state index in [4.69, 9.17) is 37.9 Å². The monoisotopic (exact) mass is 758 g/mol. The van der Waals surface area contributed by atoms with Crippen molar-refractivity contribution < 1.29 is 37.9 Å². The lowest BCUT2D eigenvalue weighted by atomic mass is 9.96. The number of ether oxygens (including phenoxy) is 8. The van der Waals surface area contributed by atoms with Gasteiger partial charge in [-0.25, -0.2) is 0 Å². The molecule has 0 aromatic heterocycles. The Bertz CT molecular complexity index is 1540. The van der Waals surface area contributed by atoms with Crippen LogP contribution in [0.25, 0.3) is 0 Å². The Morgan fingerprint density at radius 1 is 0.527 bits per heavy atom. The molecule has 7 rings (SSSR count). The molecule has 0 N–H and O–H groups in total. The van der Waals surface area contributed by atoms with E-state index in [-0.39, 0.29) is 42.2 Å². The summed E-state index contributed by atoms with van der Waals surface area (Å²) in [5, 5.41) is 0. The Balaban J connectivity index is 0.000000188. The Morgan fingerprint density at radius 3 is 1.36 bits per heavy atom. The van der Waals surface area contributed by atoms with Gasteiger partial charge in [0, 0.05) is 0 Å². The minimum absolute atomic E-state index is 0.0138. The Morgan fingerprint density at radius 2 is 0.927 bits per heavy atom. The highest BCUT2D eigenvalue weighted by atomic mass is 16.8. The van der Waals surface area contributed by atoms with E-state index in [0.717, 1.165) is 38.5 Å². The molecule has 55 heavy (non-hydrogen) atoms. The lowest BCUT2D eigenvalue weighted by Crippen LogP contribution is -2.32. The molecule has 3 aromatic rings. The van der Waals surface area contributed by atoms with E-state index in [0.29, 0.717) is 44.9 Å². The van der Waals surface area contributed by atoms with Gasteiger partial charge in [-0.05, 0) is 116 Å². The van der Waals surface area contributed by atoms with Crippen LogP contribution in [0.4, 0.5) is 0 Å². The fourth-order valence-corrected chi connectivity index (χ4v) is 8.53. The molecule has 0 radical (unpaired) electrons. The second kappa shape index (κ2) is 19.2. The third-order valence-corrected chi connectivity index (χ3v) is 11.0. The predicted octanol–water partition coefficient (Wildman–Crippen LogP) is 9.12. The highest BCUT2D eigenvalue weighted by Gasteiger charge is 2.55. The Kier molecular flexibility index (Phi) is 14.6. The van der Waals surface area contributed by atoms with Crippen LogP contribution in [0.2, 0.25) is 0 Å². The quantitative estimate of drug-likeness (QED) is 0.134. The van der Waals surface area contributed by atoms with Gasteiger partial charge in [-0.1, -0.05) is 91.0 Å². The van der Waals surface area contributed by atoms with E-state index in [1.54, 1.807) is 0 Å². The molecule has 8 nitrogen and oxygen atoms in total. The first-order valence-electron chi connectivity index (χ1n) is 20.6. The Hall–Kier alpha value is -2.66.